The molecule has 0 aliphatic carbocycles. The number of rotatable bonds is 4. The van der Waals surface area contributed by atoms with Gasteiger partial charge in [-0.1, -0.05) is 30.3 Å². The van der Waals surface area contributed by atoms with Gasteiger partial charge in [-0.25, -0.2) is 18.4 Å². The summed E-state index contributed by atoms with van der Waals surface area (Å²) in [4.78, 5) is 10.9. The highest BCUT2D eigenvalue weighted by Crippen LogP contribution is 2.36. The first-order chi connectivity index (χ1) is 14.1. The number of hydrogen-bond acceptors (Lipinski definition) is 7. The van der Waals surface area contributed by atoms with Crippen molar-refractivity contribution in [1.82, 2.24) is 19.2 Å². The van der Waals surface area contributed by atoms with Crippen LogP contribution in [0, 0.1) is 0 Å². The van der Waals surface area contributed by atoms with Gasteiger partial charge in [0.1, 0.15) is 16.0 Å². The number of nitrogens with zero attached hydrogens (tertiary/aromatic N) is 4. The lowest BCUT2D eigenvalue weighted by Gasteiger charge is -2.28. The summed E-state index contributed by atoms with van der Waals surface area (Å²) < 4.78 is 34.9. The van der Waals surface area contributed by atoms with E-state index >= 15 is 0 Å². The smallest absolute Gasteiger partial charge is 0.249 e. The van der Waals surface area contributed by atoms with Crippen molar-refractivity contribution in [2.45, 2.75) is 30.1 Å². The van der Waals surface area contributed by atoms with Gasteiger partial charge in [0, 0.05) is 37.4 Å². The molecule has 2 aromatic heterocycles. The Balaban J connectivity index is 1.52. The number of pyridine rings is 1. The van der Waals surface area contributed by atoms with Crippen LogP contribution in [0.1, 0.15) is 10.6 Å². The van der Waals surface area contributed by atoms with Crippen molar-refractivity contribution < 1.29 is 13.2 Å². The van der Waals surface area contributed by atoms with Gasteiger partial charge in [0.05, 0.1) is 12.6 Å². The Labute approximate surface area is 173 Å². The minimum atomic E-state index is -3.75. The number of thiazole rings is 1. The molecule has 9 heteroatoms. The van der Waals surface area contributed by atoms with E-state index in [1.807, 2.05) is 35.7 Å². The van der Waals surface area contributed by atoms with Crippen molar-refractivity contribution in [3.05, 3.63) is 70.8 Å². The Bertz CT molecular complexity index is 1090. The predicted octanol–water partition coefficient (Wildman–Crippen LogP) is 2.37. The first kappa shape index (κ1) is 18.7. The van der Waals surface area contributed by atoms with Gasteiger partial charge in [-0.2, -0.15) is 4.31 Å². The van der Waals surface area contributed by atoms with E-state index in [1.165, 1.54) is 0 Å². The van der Waals surface area contributed by atoms with Crippen molar-refractivity contribution in [1.29, 1.82) is 0 Å². The molecule has 2 aliphatic heterocycles. The van der Waals surface area contributed by atoms with E-state index in [9.17, 15) is 8.42 Å². The van der Waals surface area contributed by atoms with E-state index < -0.39 is 10.0 Å². The fourth-order valence-electron chi connectivity index (χ4n) is 3.95. The summed E-state index contributed by atoms with van der Waals surface area (Å²) in [5, 5.41) is 2.96. The molecule has 0 radical (unpaired) electrons. The van der Waals surface area contributed by atoms with Gasteiger partial charge >= 0.3 is 0 Å². The van der Waals surface area contributed by atoms with Gasteiger partial charge in [0.15, 0.2) is 0 Å². The molecular formula is C20H20N4O3S2. The van der Waals surface area contributed by atoms with Crippen molar-refractivity contribution in [3.8, 4) is 5.88 Å². The lowest BCUT2D eigenvalue weighted by atomic mass is 10.1. The largest absolute Gasteiger partial charge is 0.470 e. The molecule has 2 aliphatic rings. The second-order valence-corrected chi connectivity index (χ2v) is 10.0. The van der Waals surface area contributed by atoms with Gasteiger partial charge in [-0.3, -0.25) is 4.90 Å². The van der Waals surface area contributed by atoms with Crippen LogP contribution in [0.25, 0.3) is 0 Å². The molecule has 0 saturated carbocycles. The summed E-state index contributed by atoms with van der Waals surface area (Å²) in [6.45, 7) is 2.20. The molecular weight excluding hydrogens is 408 g/mol. The van der Waals surface area contributed by atoms with Crippen LogP contribution in [0.3, 0.4) is 0 Å². The van der Waals surface area contributed by atoms with Gasteiger partial charge in [0.2, 0.25) is 15.9 Å². The van der Waals surface area contributed by atoms with E-state index in [0.717, 1.165) is 10.6 Å². The van der Waals surface area contributed by atoms with Crippen molar-refractivity contribution in [2.75, 3.05) is 13.1 Å². The molecule has 1 saturated heterocycles. The molecule has 0 amide bonds. The molecule has 4 heterocycles. The molecule has 0 N–H and O–H groups in total. The molecule has 7 nitrogen and oxygen atoms in total. The minimum Gasteiger partial charge on any atom is -0.470 e. The van der Waals surface area contributed by atoms with E-state index in [-0.39, 0.29) is 22.9 Å². The molecule has 1 fully saturated rings. The van der Waals surface area contributed by atoms with Gasteiger partial charge < -0.3 is 4.74 Å². The van der Waals surface area contributed by atoms with Gasteiger partial charge in [-0.05, 0) is 17.7 Å². The zero-order valence-corrected chi connectivity index (χ0v) is 17.2. The molecule has 1 aromatic carbocycles. The van der Waals surface area contributed by atoms with E-state index in [2.05, 4.69) is 14.9 Å². The molecule has 29 heavy (non-hydrogen) atoms. The number of sulfonamides is 1. The van der Waals surface area contributed by atoms with Gasteiger partial charge in [0.25, 0.3) is 0 Å². The van der Waals surface area contributed by atoms with Crippen LogP contribution >= 0.6 is 11.3 Å². The van der Waals surface area contributed by atoms with Crippen LogP contribution in [0.15, 0.2) is 65.1 Å². The summed E-state index contributed by atoms with van der Waals surface area (Å²) in [5.74, 6) is 0.189. The van der Waals surface area contributed by atoms with Crippen LogP contribution in [0.2, 0.25) is 0 Å². The Kier molecular flexibility index (Phi) is 4.83. The van der Waals surface area contributed by atoms with Crippen LogP contribution in [0.4, 0.5) is 0 Å². The summed E-state index contributed by atoms with van der Waals surface area (Å²) >= 11 is 1.60. The molecule has 2 atom stereocenters. The lowest BCUT2D eigenvalue weighted by Crippen LogP contribution is -2.46. The molecule has 2 unspecified atom stereocenters. The van der Waals surface area contributed by atoms with E-state index in [1.54, 1.807) is 40.2 Å². The maximum atomic E-state index is 13.6. The van der Waals surface area contributed by atoms with Crippen LogP contribution in [-0.2, 0) is 23.1 Å². The SMILES string of the molecule is O=S1(=O)c2cccnc2OC2CN(Cc3nccs3)CC2N1Cc1ccccc1. The minimum absolute atomic E-state index is 0.136. The molecule has 0 bridgehead atoms. The number of fused-ring (bicyclic) bond motifs is 2. The van der Waals surface area contributed by atoms with Gasteiger partial charge in [-0.15, -0.1) is 11.3 Å². The Morgan fingerprint density at radius 1 is 1.03 bits per heavy atom. The van der Waals surface area contributed by atoms with Crippen molar-refractivity contribution in [2.24, 2.45) is 0 Å². The number of benzene rings is 1. The summed E-state index contributed by atoms with van der Waals surface area (Å²) in [6.07, 6.45) is 3.07. The first-order valence-corrected chi connectivity index (χ1v) is 11.7. The van der Waals surface area contributed by atoms with E-state index in [0.29, 0.717) is 26.2 Å². The Morgan fingerprint density at radius 2 is 1.90 bits per heavy atom. The number of likely N-dealkylation sites (tertiary alicyclic amines) is 1. The third kappa shape index (κ3) is 3.55. The number of aromatic nitrogens is 2. The Morgan fingerprint density at radius 3 is 2.69 bits per heavy atom. The highest BCUT2D eigenvalue weighted by atomic mass is 32.2. The average Bonchev–Trinajstić information content (AvgIpc) is 3.36. The highest BCUT2D eigenvalue weighted by molar-refractivity contribution is 7.89. The van der Waals surface area contributed by atoms with Crippen LogP contribution < -0.4 is 4.74 Å². The maximum absolute atomic E-state index is 13.6. The quantitative estimate of drug-likeness (QED) is 0.635. The molecule has 150 valence electrons. The predicted molar refractivity (Wildman–Crippen MR) is 109 cm³/mol. The van der Waals surface area contributed by atoms with Crippen LogP contribution in [-0.4, -0.2) is 52.8 Å². The van der Waals surface area contributed by atoms with E-state index in [4.69, 9.17) is 4.74 Å². The number of hydrogen-bond donors (Lipinski definition) is 0. The highest BCUT2D eigenvalue weighted by Gasteiger charge is 2.47. The van der Waals surface area contributed by atoms with Crippen molar-refractivity contribution in [3.63, 3.8) is 0 Å². The zero-order chi connectivity index (χ0) is 19.8. The lowest BCUT2D eigenvalue weighted by molar-refractivity contribution is 0.144. The zero-order valence-electron chi connectivity index (χ0n) is 15.6. The maximum Gasteiger partial charge on any atom is 0.249 e. The van der Waals surface area contributed by atoms with Crippen molar-refractivity contribution >= 4 is 21.4 Å². The molecule has 0 spiro atoms. The topological polar surface area (TPSA) is 75.6 Å². The fraction of sp³-hybridized carbons (Fsp3) is 0.300. The second-order valence-electron chi connectivity index (χ2n) is 7.19. The van der Waals surface area contributed by atoms with Crippen LogP contribution in [0.5, 0.6) is 5.88 Å². The third-order valence-corrected chi connectivity index (χ3v) is 7.94. The third-order valence-electron chi connectivity index (χ3n) is 5.29. The fourth-order valence-corrected chi connectivity index (χ4v) is 6.31. The molecule has 3 aromatic rings. The first-order valence-electron chi connectivity index (χ1n) is 9.39. The second kappa shape index (κ2) is 7.49. The number of ether oxygens (including phenoxy) is 1. The standard InChI is InChI=1S/C20H20N4O3S2/c25-29(26)18-7-4-8-22-20(18)27-17-13-23(14-19-21-9-10-28-19)12-16(17)24(29)11-15-5-2-1-3-6-15/h1-10,16-17H,11-14H2. The molecule has 5 rings (SSSR count). The average molecular weight is 429 g/mol. The monoisotopic (exact) mass is 428 g/mol. The Hall–Kier alpha value is -2.33. The summed E-state index contributed by atoms with van der Waals surface area (Å²) in [5.41, 5.74) is 0.945. The summed E-state index contributed by atoms with van der Waals surface area (Å²) in [7, 11) is -3.75. The summed E-state index contributed by atoms with van der Waals surface area (Å²) in [6, 6.07) is 12.6. The normalized spacial score (nSPS) is 23.7.